The molecule has 0 unspecified atom stereocenters. The lowest BCUT2D eigenvalue weighted by molar-refractivity contribution is 0.0807. The van der Waals surface area contributed by atoms with Gasteiger partial charge in [0.1, 0.15) is 0 Å². The van der Waals surface area contributed by atoms with Crippen LogP contribution in [0.3, 0.4) is 0 Å². The van der Waals surface area contributed by atoms with Crippen LogP contribution in [0.2, 0.25) is 0 Å². The van der Waals surface area contributed by atoms with Crippen molar-refractivity contribution in [3.8, 4) is 0 Å². The third-order valence-electron chi connectivity index (χ3n) is 0.966. The first-order valence-corrected chi connectivity index (χ1v) is 2.18. The molecule has 2 atom stereocenters. The Balaban J connectivity index is 2.45. The van der Waals surface area contributed by atoms with Crippen molar-refractivity contribution in [2.45, 2.75) is 12.2 Å². The Morgan fingerprint density at radius 3 is 2.00 bits per heavy atom. The van der Waals surface area contributed by atoms with Gasteiger partial charge >= 0.3 is 0 Å². The van der Waals surface area contributed by atoms with Crippen molar-refractivity contribution in [3.63, 3.8) is 0 Å². The summed E-state index contributed by atoms with van der Waals surface area (Å²) in [5.74, 6) is 0. The minimum atomic E-state index is -0.667. The molecule has 0 bridgehead atoms. The van der Waals surface area contributed by atoms with Gasteiger partial charge in [-0.1, -0.05) is 12.2 Å². The number of hydrogen-bond acceptors (Lipinski definition) is 2. The summed E-state index contributed by atoms with van der Waals surface area (Å²) in [4.78, 5) is 0. The lowest BCUT2D eigenvalue weighted by atomic mass is 10.2. The minimum Gasteiger partial charge on any atom is -0.389 e. The van der Waals surface area contributed by atoms with Gasteiger partial charge in [-0.25, -0.2) is 0 Å². The molecule has 0 saturated heterocycles. The number of hydrogen-bond donors (Lipinski definition) is 2. The van der Waals surface area contributed by atoms with Gasteiger partial charge in [0.25, 0.3) is 0 Å². The first-order chi connectivity index (χ1) is 3.30. The van der Waals surface area contributed by atoms with E-state index < -0.39 is 12.2 Å². The highest BCUT2D eigenvalue weighted by atomic mass is 16.3. The average molecular weight is 99.1 g/mol. The number of aliphatic hydroxyl groups excluding tert-OH is 2. The molecule has 0 saturated carbocycles. The van der Waals surface area contributed by atoms with Crippen LogP contribution in [-0.4, -0.2) is 22.4 Å². The van der Waals surface area contributed by atoms with Crippen molar-refractivity contribution in [1.82, 2.24) is 0 Å². The predicted molar refractivity (Wildman–Crippen MR) is 25.5 cm³/mol. The summed E-state index contributed by atoms with van der Waals surface area (Å²) in [6, 6.07) is 0. The molecule has 0 heterocycles. The van der Waals surface area contributed by atoms with Crippen LogP contribution in [-0.2, 0) is 0 Å². The van der Waals surface area contributed by atoms with Crippen LogP contribution >= 0.6 is 0 Å². The van der Waals surface area contributed by atoms with Crippen molar-refractivity contribution in [2.24, 2.45) is 0 Å². The Kier molecular flexibility index (Phi) is 1.13. The van der Waals surface area contributed by atoms with Crippen molar-refractivity contribution < 1.29 is 10.2 Å². The summed E-state index contributed by atoms with van der Waals surface area (Å²) in [6.45, 7) is 0. The van der Waals surface area contributed by atoms with Gasteiger partial charge in [-0.05, 0) is 0 Å². The molecule has 0 amide bonds. The van der Waals surface area contributed by atoms with Crippen LogP contribution in [0.4, 0.5) is 0 Å². The van der Waals surface area contributed by atoms with Gasteiger partial charge in [-0.15, -0.1) is 0 Å². The standard InChI is InChI=1S/C5H7O2/c6-4-2-1-3-5(4)7/h1-7H/t4-,5+. The monoisotopic (exact) mass is 99.0 g/mol. The maximum Gasteiger partial charge on any atom is 0.0986 e. The fourth-order valence-electron chi connectivity index (χ4n) is 0.520. The topological polar surface area (TPSA) is 40.5 Å². The molecule has 0 aromatic heterocycles. The summed E-state index contributed by atoms with van der Waals surface area (Å²) in [5, 5.41) is 17.3. The lowest BCUT2D eigenvalue weighted by Gasteiger charge is -2.02. The fraction of sp³-hybridized carbons (Fsp3) is 0.400. The van der Waals surface area contributed by atoms with E-state index in [0.29, 0.717) is 0 Å². The molecule has 0 aliphatic heterocycles. The third-order valence-corrected chi connectivity index (χ3v) is 0.966. The number of rotatable bonds is 0. The number of aliphatic hydroxyl groups is 2. The van der Waals surface area contributed by atoms with Gasteiger partial charge in [0.05, 0.1) is 12.2 Å². The normalized spacial score (nSPS) is 39.7. The van der Waals surface area contributed by atoms with Crippen molar-refractivity contribution in [3.05, 3.63) is 18.6 Å². The highest BCUT2D eigenvalue weighted by Gasteiger charge is 2.15. The smallest absolute Gasteiger partial charge is 0.0986 e. The highest BCUT2D eigenvalue weighted by molar-refractivity contribution is 5.14. The van der Waals surface area contributed by atoms with Gasteiger partial charge in [-0.2, -0.15) is 0 Å². The van der Waals surface area contributed by atoms with Crippen LogP contribution in [0.25, 0.3) is 0 Å². The molecule has 2 N–H and O–H groups in total. The van der Waals surface area contributed by atoms with Gasteiger partial charge in [0, 0.05) is 6.42 Å². The molecule has 1 rings (SSSR count). The summed E-state index contributed by atoms with van der Waals surface area (Å²) < 4.78 is 0. The molecule has 1 aliphatic carbocycles. The Hall–Kier alpha value is -0.340. The highest BCUT2D eigenvalue weighted by Crippen LogP contribution is 2.07. The molecule has 7 heavy (non-hydrogen) atoms. The first kappa shape index (κ1) is 4.81. The Morgan fingerprint density at radius 1 is 1.14 bits per heavy atom. The molecule has 0 spiro atoms. The molecule has 2 heteroatoms. The quantitative estimate of drug-likeness (QED) is 0.429. The molecule has 0 aromatic rings. The molecular formula is C5H7O2. The zero-order chi connectivity index (χ0) is 5.28. The van der Waals surface area contributed by atoms with Crippen molar-refractivity contribution >= 4 is 0 Å². The van der Waals surface area contributed by atoms with E-state index in [4.69, 9.17) is 10.2 Å². The van der Waals surface area contributed by atoms with Crippen LogP contribution in [0, 0.1) is 6.42 Å². The second kappa shape index (κ2) is 1.64. The Bertz CT molecular complexity index is 88.1. The van der Waals surface area contributed by atoms with E-state index in [9.17, 15) is 0 Å². The van der Waals surface area contributed by atoms with E-state index in [1.165, 1.54) is 0 Å². The van der Waals surface area contributed by atoms with E-state index >= 15 is 0 Å². The van der Waals surface area contributed by atoms with E-state index in [-0.39, 0.29) is 0 Å². The molecule has 0 aromatic carbocycles. The second-order valence-corrected chi connectivity index (χ2v) is 1.56. The lowest BCUT2D eigenvalue weighted by Crippen LogP contribution is -2.18. The zero-order valence-electron chi connectivity index (χ0n) is 3.78. The third kappa shape index (κ3) is 0.813. The zero-order valence-corrected chi connectivity index (χ0v) is 3.78. The van der Waals surface area contributed by atoms with Crippen LogP contribution in [0.15, 0.2) is 12.2 Å². The second-order valence-electron chi connectivity index (χ2n) is 1.56. The molecule has 39 valence electrons. The summed E-state index contributed by atoms with van der Waals surface area (Å²) >= 11 is 0. The van der Waals surface area contributed by atoms with Crippen molar-refractivity contribution in [1.29, 1.82) is 0 Å². The molecule has 1 radical (unpaired) electrons. The fourth-order valence-corrected chi connectivity index (χ4v) is 0.520. The molecular weight excluding hydrogens is 92.1 g/mol. The van der Waals surface area contributed by atoms with E-state index in [1.54, 1.807) is 18.6 Å². The van der Waals surface area contributed by atoms with E-state index in [2.05, 4.69) is 0 Å². The summed E-state index contributed by atoms with van der Waals surface area (Å²) in [5.41, 5.74) is 0. The Morgan fingerprint density at radius 2 is 1.86 bits per heavy atom. The van der Waals surface area contributed by atoms with E-state index in [1.807, 2.05) is 0 Å². The largest absolute Gasteiger partial charge is 0.389 e. The minimum absolute atomic E-state index is 0.667. The predicted octanol–water partition coefficient (Wildman–Crippen LogP) is -0.518. The van der Waals surface area contributed by atoms with Crippen LogP contribution in [0.1, 0.15) is 0 Å². The van der Waals surface area contributed by atoms with Gasteiger partial charge in [0.2, 0.25) is 0 Å². The van der Waals surface area contributed by atoms with Gasteiger partial charge in [0.15, 0.2) is 0 Å². The van der Waals surface area contributed by atoms with E-state index in [0.717, 1.165) is 0 Å². The van der Waals surface area contributed by atoms with Crippen molar-refractivity contribution in [2.75, 3.05) is 0 Å². The van der Waals surface area contributed by atoms with Crippen LogP contribution < -0.4 is 0 Å². The molecule has 1 aliphatic rings. The summed E-state index contributed by atoms with van der Waals surface area (Å²) in [6.07, 6.45) is 3.41. The maximum atomic E-state index is 8.63. The first-order valence-electron chi connectivity index (χ1n) is 2.18. The maximum absolute atomic E-state index is 8.63. The van der Waals surface area contributed by atoms with Crippen LogP contribution in [0.5, 0.6) is 0 Å². The average Bonchev–Trinajstić information content (AvgIpc) is 1.91. The Labute approximate surface area is 42.1 Å². The summed E-state index contributed by atoms with van der Waals surface area (Å²) in [7, 11) is 0. The van der Waals surface area contributed by atoms with Gasteiger partial charge < -0.3 is 10.2 Å². The molecule has 0 fully saturated rings. The SMILES string of the molecule is O[C@@H]1[CH]C=C[C@@H]1O. The molecule has 2 nitrogen and oxygen atoms in total. The van der Waals surface area contributed by atoms with Gasteiger partial charge in [-0.3, -0.25) is 0 Å².